The zero-order valence-electron chi connectivity index (χ0n) is 12.5. The van der Waals surface area contributed by atoms with E-state index in [1.54, 1.807) is 26.0 Å². The average Bonchev–Trinajstić information content (AvgIpc) is 3.04. The van der Waals surface area contributed by atoms with E-state index in [0.29, 0.717) is 0 Å². The average molecular weight is 314 g/mol. The van der Waals surface area contributed by atoms with Gasteiger partial charge < -0.3 is 20.1 Å². The molecule has 0 saturated carbocycles. The van der Waals surface area contributed by atoms with Gasteiger partial charge in [-0.1, -0.05) is 11.8 Å². The number of benzene rings is 2. The fraction of sp³-hybridized carbons (Fsp3) is 0.176. The first-order valence-corrected chi connectivity index (χ1v) is 7.90. The van der Waals surface area contributed by atoms with Gasteiger partial charge in [-0.2, -0.15) is 0 Å². The highest BCUT2D eigenvalue weighted by Crippen LogP contribution is 2.29. The van der Waals surface area contributed by atoms with Crippen LogP contribution in [0.15, 0.2) is 53.9 Å². The van der Waals surface area contributed by atoms with Crippen LogP contribution in [0.5, 0.6) is 11.5 Å². The van der Waals surface area contributed by atoms with Gasteiger partial charge in [0.2, 0.25) is 0 Å². The molecule has 1 aliphatic rings. The molecule has 1 unspecified atom stereocenters. The van der Waals surface area contributed by atoms with Crippen LogP contribution in [0.1, 0.15) is 5.56 Å². The molecular formula is C17H18N2O2S. The van der Waals surface area contributed by atoms with E-state index in [0.717, 1.165) is 28.4 Å². The number of anilines is 1. The Balaban J connectivity index is 1.60. The molecule has 3 rings (SSSR count). The Bertz CT molecular complexity index is 653. The second-order valence-electron chi connectivity index (χ2n) is 4.79. The topological polar surface area (TPSA) is 42.5 Å². The van der Waals surface area contributed by atoms with Gasteiger partial charge in [0.15, 0.2) is 0 Å². The van der Waals surface area contributed by atoms with Crippen molar-refractivity contribution >= 4 is 23.1 Å². The van der Waals surface area contributed by atoms with Crippen molar-refractivity contribution in [1.29, 1.82) is 0 Å². The number of rotatable bonds is 5. The highest BCUT2D eigenvalue weighted by molar-refractivity contribution is 8.03. The molecule has 0 aromatic heterocycles. The number of nitrogens with one attached hydrogen (secondary N) is 2. The summed E-state index contributed by atoms with van der Waals surface area (Å²) in [4.78, 5) is 0. The Morgan fingerprint density at radius 1 is 0.909 bits per heavy atom. The molecule has 0 bridgehead atoms. The Morgan fingerprint density at radius 2 is 1.50 bits per heavy atom. The van der Waals surface area contributed by atoms with E-state index >= 15 is 0 Å². The van der Waals surface area contributed by atoms with Crippen molar-refractivity contribution in [3.05, 3.63) is 59.5 Å². The minimum Gasteiger partial charge on any atom is -0.497 e. The number of ether oxygens (including phenoxy) is 2. The number of methoxy groups -OCH3 is 2. The first kappa shape index (κ1) is 14.7. The highest BCUT2D eigenvalue weighted by atomic mass is 32.2. The maximum Gasteiger partial charge on any atom is 0.149 e. The van der Waals surface area contributed by atoms with Crippen LogP contribution in [0.3, 0.4) is 0 Å². The molecule has 4 nitrogen and oxygen atoms in total. The van der Waals surface area contributed by atoms with Gasteiger partial charge in [-0.15, -0.1) is 0 Å². The molecule has 0 amide bonds. The predicted octanol–water partition coefficient (Wildman–Crippen LogP) is 3.73. The maximum atomic E-state index is 5.18. The van der Waals surface area contributed by atoms with Crippen molar-refractivity contribution in [2.75, 3.05) is 19.5 Å². The summed E-state index contributed by atoms with van der Waals surface area (Å²) in [7, 11) is 3.34. The summed E-state index contributed by atoms with van der Waals surface area (Å²) in [6.07, 6.45) is 0. The number of hydrogen-bond donors (Lipinski definition) is 2. The van der Waals surface area contributed by atoms with Crippen molar-refractivity contribution in [3.8, 4) is 11.5 Å². The Hall–Kier alpha value is -2.27. The molecule has 0 radical (unpaired) electrons. The largest absolute Gasteiger partial charge is 0.497 e. The summed E-state index contributed by atoms with van der Waals surface area (Å²) in [6.45, 7) is 0. The van der Waals surface area contributed by atoms with Gasteiger partial charge in [-0.25, -0.2) is 0 Å². The molecule has 1 aliphatic heterocycles. The Labute approximate surface area is 134 Å². The minimum atomic E-state index is 0.116. The highest BCUT2D eigenvalue weighted by Gasteiger charge is 2.17. The second-order valence-corrected chi connectivity index (χ2v) is 5.77. The van der Waals surface area contributed by atoms with Crippen molar-refractivity contribution in [2.24, 2.45) is 0 Å². The lowest BCUT2D eigenvalue weighted by Gasteiger charge is -2.16. The van der Waals surface area contributed by atoms with Crippen LogP contribution in [0.4, 0.5) is 5.69 Å². The third-order valence-corrected chi connectivity index (χ3v) is 4.28. The molecule has 2 aromatic carbocycles. The van der Waals surface area contributed by atoms with Crippen LogP contribution in [-0.2, 0) is 0 Å². The minimum absolute atomic E-state index is 0.116. The van der Waals surface area contributed by atoms with E-state index in [4.69, 9.17) is 9.47 Å². The van der Waals surface area contributed by atoms with E-state index in [1.807, 2.05) is 48.5 Å². The molecule has 114 valence electrons. The van der Waals surface area contributed by atoms with Crippen LogP contribution >= 0.6 is 11.8 Å². The molecule has 0 aliphatic carbocycles. The standard InChI is InChI=1S/C17H18N2O2S/c1-20-14-7-3-12(4-8-14)16-11-22-17(19-16)18-13-5-9-15(21-2)10-6-13/h3-11,17-19H,1-2H3. The summed E-state index contributed by atoms with van der Waals surface area (Å²) in [5.74, 6) is 1.72. The first-order valence-electron chi connectivity index (χ1n) is 6.95. The summed E-state index contributed by atoms with van der Waals surface area (Å²) in [5.41, 5.74) is 3.42. The third kappa shape index (κ3) is 3.31. The molecule has 0 spiro atoms. The molecule has 2 N–H and O–H groups in total. The van der Waals surface area contributed by atoms with Crippen LogP contribution in [0, 0.1) is 0 Å². The van der Waals surface area contributed by atoms with Gasteiger partial charge in [0.05, 0.1) is 19.9 Å². The van der Waals surface area contributed by atoms with Crippen molar-refractivity contribution in [2.45, 2.75) is 5.50 Å². The second kappa shape index (κ2) is 6.66. The van der Waals surface area contributed by atoms with E-state index < -0.39 is 0 Å². The normalized spacial score (nSPS) is 16.6. The maximum absolute atomic E-state index is 5.18. The van der Waals surface area contributed by atoms with Crippen molar-refractivity contribution < 1.29 is 9.47 Å². The first-order chi connectivity index (χ1) is 10.8. The van der Waals surface area contributed by atoms with Crippen LogP contribution in [0.25, 0.3) is 5.70 Å². The molecule has 1 heterocycles. The van der Waals surface area contributed by atoms with Gasteiger partial charge in [-0.05, 0) is 59.5 Å². The zero-order valence-corrected chi connectivity index (χ0v) is 13.3. The van der Waals surface area contributed by atoms with Gasteiger partial charge in [-0.3, -0.25) is 0 Å². The van der Waals surface area contributed by atoms with Crippen LogP contribution in [0.2, 0.25) is 0 Å². The summed E-state index contributed by atoms with van der Waals surface area (Å²) < 4.78 is 10.3. The number of thioether (sulfide) groups is 1. The van der Waals surface area contributed by atoms with E-state index in [1.165, 1.54) is 0 Å². The molecule has 0 fully saturated rings. The molecule has 1 atom stereocenters. The van der Waals surface area contributed by atoms with Gasteiger partial charge in [0.1, 0.15) is 17.0 Å². The van der Waals surface area contributed by atoms with Crippen LogP contribution < -0.4 is 20.1 Å². The quantitative estimate of drug-likeness (QED) is 0.880. The summed E-state index contributed by atoms with van der Waals surface area (Å²) >= 11 is 1.71. The fourth-order valence-corrected chi connectivity index (χ4v) is 3.05. The lowest BCUT2D eigenvalue weighted by atomic mass is 10.2. The molecule has 22 heavy (non-hydrogen) atoms. The SMILES string of the molecule is COc1ccc(NC2NC(c3ccc(OC)cc3)=CS2)cc1. The monoisotopic (exact) mass is 314 g/mol. The van der Waals surface area contributed by atoms with E-state index in [9.17, 15) is 0 Å². The third-order valence-electron chi connectivity index (χ3n) is 3.40. The smallest absolute Gasteiger partial charge is 0.149 e. The predicted molar refractivity (Wildman–Crippen MR) is 92.1 cm³/mol. The van der Waals surface area contributed by atoms with Crippen LogP contribution in [-0.4, -0.2) is 19.7 Å². The van der Waals surface area contributed by atoms with E-state index in [-0.39, 0.29) is 5.50 Å². The fourth-order valence-electron chi connectivity index (χ4n) is 2.18. The number of hydrogen-bond acceptors (Lipinski definition) is 5. The molecule has 5 heteroatoms. The molecule has 0 saturated heterocycles. The molecular weight excluding hydrogens is 296 g/mol. The summed E-state index contributed by atoms with van der Waals surface area (Å²) in [6, 6.07) is 15.9. The Kier molecular flexibility index (Phi) is 4.44. The van der Waals surface area contributed by atoms with E-state index in [2.05, 4.69) is 16.0 Å². The van der Waals surface area contributed by atoms with Gasteiger partial charge >= 0.3 is 0 Å². The van der Waals surface area contributed by atoms with Gasteiger partial charge in [0, 0.05) is 5.69 Å². The lowest BCUT2D eigenvalue weighted by molar-refractivity contribution is 0.414. The lowest BCUT2D eigenvalue weighted by Crippen LogP contribution is -2.27. The van der Waals surface area contributed by atoms with Crippen molar-refractivity contribution in [3.63, 3.8) is 0 Å². The van der Waals surface area contributed by atoms with Crippen molar-refractivity contribution in [1.82, 2.24) is 5.32 Å². The van der Waals surface area contributed by atoms with Gasteiger partial charge in [0.25, 0.3) is 0 Å². The zero-order chi connectivity index (χ0) is 15.4. The molecule has 2 aromatic rings. The summed E-state index contributed by atoms with van der Waals surface area (Å²) in [5, 5.41) is 9.02. The Morgan fingerprint density at radius 3 is 2.09 bits per heavy atom.